The van der Waals surface area contributed by atoms with E-state index in [0.29, 0.717) is 6.04 Å². The highest BCUT2D eigenvalue weighted by Crippen LogP contribution is 2.33. The number of nitrogens with zero attached hydrogens (tertiary/aromatic N) is 1. The van der Waals surface area contributed by atoms with Crippen LogP contribution in [-0.2, 0) is 0 Å². The Kier molecular flexibility index (Phi) is 4.90. The molecule has 2 nitrogen and oxygen atoms in total. The van der Waals surface area contributed by atoms with Crippen molar-refractivity contribution in [2.45, 2.75) is 58.0 Å². The van der Waals surface area contributed by atoms with Gasteiger partial charge in [0.15, 0.2) is 0 Å². The van der Waals surface area contributed by atoms with E-state index < -0.39 is 0 Å². The SMILES string of the molecule is CC.CN1CC(N)CC2CCCCC21. The van der Waals surface area contributed by atoms with Crippen LogP contribution in [0.15, 0.2) is 0 Å². The molecule has 2 aliphatic rings. The van der Waals surface area contributed by atoms with Gasteiger partial charge in [-0.3, -0.25) is 0 Å². The number of likely N-dealkylation sites (tertiary alicyclic amines) is 1. The Labute approximate surface area is 88.8 Å². The lowest BCUT2D eigenvalue weighted by Crippen LogP contribution is -2.52. The van der Waals surface area contributed by atoms with E-state index in [1.165, 1.54) is 32.1 Å². The van der Waals surface area contributed by atoms with Crippen molar-refractivity contribution in [3.63, 3.8) is 0 Å². The van der Waals surface area contributed by atoms with Crippen molar-refractivity contribution in [2.75, 3.05) is 13.6 Å². The smallest absolute Gasteiger partial charge is 0.0171 e. The Morgan fingerprint density at radius 3 is 2.50 bits per heavy atom. The van der Waals surface area contributed by atoms with E-state index in [4.69, 9.17) is 5.73 Å². The van der Waals surface area contributed by atoms with Gasteiger partial charge < -0.3 is 10.6 Å². The first kappa shape index (κ1) is 12.0. The topological polar surface area (TPSA) is 29.3 Å². The summed E-state index contributed by atoms with van der Waals surface area (Å²) in [5.41, 5.74) is 5.99. The third-order valence-electron chi connectivity index (χ3n) is 3.56. The van der Waals surface area contributed by atoms with Gasteiger partial charge in [0, 0.05) is 18.6 Å². The van der Waals surface area contributed by atoms with Gasteiger partial charge in [0.05, 0.1) is 0 Å². The minimum atomic E-state index is 0.439. The number of fused-ring (bicyclic) bond motifs is 1. The summed E-state index contributed by atoms with van der Waals surface area (Å²) in [6.07, 6.45) is 6.97. The second-order valence-electron chi connectivity index (χ2n) is 4.55. The monoisotopic (exact) mass is 198 g/mol. The van der Waals surface area contributed by atoms with Gasteiger partial charge in [0.2, 0.25) is 0 Å². The van der Waals surface area contributed by atoms with Crippen LogP contribution in [0.1, 0.15) is 46.0 Å². The average molecular weight is 198 g/mol. The standard InChI is InChI=1S/C10H20N2.C2H6/c1-12-7-9(11)6-8-4-2-3-5-10(8)12;1-2/h8-10H,2-7,11H2,1H3;1-2H3. The van der Waals surface area contributed by atoms with Crippen molar-refractivity contribution < 1.29 is 0 Å². The number of nitrogens with two attached hydrogens (primary N) is 1. The fourth-order valence-electron chi connectivity index (χ4n) is 3.01. The van der Waals surface area contributed by atoms with Crippen LogP contribution in [0.25, 0.3) is 0 Å². The third-order valence-corrected chi connectivity index (χ3v) is 3.56. The minimum Gasteiger partial charge on any atom is -0.327 e. The predicted molar refractivity (Wildman–Crippen MR) is 62.3 cm³/mol. The molecule has 2 N–H and O–H groups in total. The molecule has 1 heterocycles. The molecule has 1 aliphatic heterocycles. The number of piperidine rings is 1. The summed E-state index contributed by atoms with van der Waals surface area (Å²) in [5.74, 6) is 0.910. The number of rotatable bonds is 0. The molecule has 0 aromatic rings. The molecule has 2 fully saturated rings. The van der Waals surface area contributed by atoms with E-state index in [-0.39, 0.29) is 0 Å². The second-order valence-corrected chi connectivity index (χ2v) is 4.55. The molecule has 0 amide bonds. The zero-order valence-electron chi connectivity index (χ0n) is 10.00. The fraction of sp³-hybridized carbons (Fsp3) is 1.00. The number of hydrogen-bond acceptors (Lipinski definition) is 2. The summed E-state index contributed by atoms with van der Waals surface area (Å²) in [7, 11) is 2.24. The molecule has 0 radical (unpaired) electrons. The van der Waals surface area contributed by atoms with Gasteiger partial charge in [-0.15, -0.1) is 0 Å². The third kappa shape index (κ3) is 2.71. The van der Waals surface area contributed by atoms with Gasteiger partial charge >= 0.3 is 0 Å². The minimum absolute atomic E-state index is 0.439. The molecular formula is C12H26N2. The highest BCUT2D eigenvalue weighted by atomic mass is 15.2. The Bertz CT molecular complexity index is 158. The molecule has 2 heteroatoms. The first-order valence-electron chi connectivity index (χ1n) is 6.23. The lowest BCUT2D eigenvalue weighted by molar-refractivity contribution is 0.0720. The maximum atomic E-state index is 5.99. The Hall–Kier alpha value is -0.0800. The van der Waals surface area contributed by atoms with Crippen molar-refractivity contribution >= 4 is 0 Å². The summed E-state index contributed by atoms with van der Waals surface area (Å²) < 4.78 is 0. The lowest BCUT2D eigenvalue weighted by atomic mass is 9.77. The van der Waals surface area contributed by atoms with Crippen LogP contribution >= 0.6 is 0 Å². The van der Waals surface area contributed by atoms with Gasteiger partial charge in [0.1, 0.15) is 0 Å². The molecular weight excluding hydrogens is 172 g/mol. The van der Waals surface area contributed by atoms with Crippen LogP contribution in [0.2, 0.25) is 0 Å². The van der Waals surface area contributed by atoms with Gasteiger partial charge in [-0.1, -0.05) is 26.7 Å². The van der Waals surface area contributed by atoms with E-state index in [1.54, 1.807) is 0 Å². The van der Waals surface area contributed by atoms with Crippen LogP contribution in [0.4, 0.5) is 0 Å². The first-order chi connectivity index (χ1) is 6.77. The van der Waals surface area contributed by atoms with Crippen LogP contribution in [0.3, 0.4) is 0 Å². The summed E-state index contributed by atoms with van der Waals surface area (Å²) in [6, 6.07) is 1.30. The summed E-state index contributed by atoms with van der Waals surface area (Å²) in [6.45, 7) is 5.11. The lowest BCUT2D eigenvalue weighted by Gasteiger charge is -2.44. The molecule has 3 unspecified atom stereocenters. The molecule has 0 aromatic carbocycles. The van der Waals surface area contributed by atoms with Crippen LogP contribution in [0.5, 0.6) is 0 Å². The average Bonchev–Trinajstić information content (AvgIpc) is 2.20. The van der Waals surface area contributed by atoms with E-state index in [1.807, 2.05) is 13.8 Å². The predicted octanol–water partition coefficient (Wildman–Crippen LogP) is 2.23. The molecule has 14 heavy (non-hydrogen) atoms. The Balaban J connectivity index is 0.000000461. The highest BCUT2D eigenvalue weighted by Gasteiger charge is 2.33. The van der Waals surface area contributed by atoms with E-state index >= 15 is 0 Å². The molecule has 84 valence electrons. The van der Waals surface area contributed by atoms with E-state index in [0.717, 1.165) is 18.5 Å². The van der Waals surface area contributed by atoms with Crippen LogP contribution in [0, 0.1) is 5.92 Å². The van der Waals surface area contributed by atoms with Crippen molar-refractivity contribution in [2.24, 2.45) is 11.7 Å². The summed E-state index contributed by atoms with van der Waals surface area (Å²) >= 11 is 0. The van der Waals surface area contributed by atoms with E-state index in [9.17, 15) is 0 Å². The van der Waals surface area contributed by atoms with Crippen LogP contribution < -0.4 is 5.73 Å². The number of hydrogen-bond donors (Lipinski definition) is 1. The number of likely N-dealkylation sites (N-methyl/N-ethyl adjacent to an activating group) is 1. The zero-order chi connectivity index (χ0) is 10.6. The molecule has 1 saturated carbocycles. The van der Waals surface area contributed by atoms with E-state index in [2.05, 4.69) is 11.9 Å². The van der Waals surface area contributed by atoms with Gasteiger partial charge in [-0.2, -0.15) is 0 Å². The molecule has 1 saturated heterocycles. The van der Waals surface area contributed by atoms with Crippen molar-refractivity contribution in [3.8, 4) is 0 Å². The summed E-state index contributed by atoms with van der Waals surface area (Å²) in [5, 5.41) is 0. The highest BCUT2D eigenvalue weighted by molar-refractivity contribution is 4.90. The largest absolute Gasteiger partial charge is 0.327 e. The maximum absolute atomic E-state index is 5.99. The Morgan fingerprint density at radius 1 is 1.14 bits per heavy atom. The summed E-state index contributed by atoms with van der Waals surface area (Å²) in [4.78, 5) is 2.48. The van der Waals surface area contributed by atoms with Crippen molar-refractivity contribution in [1.82, 2.24) is 4.90 Å². The van der Waals surface area contributed by atoms with Crippen molar-refractivity contribution in [3.05, 3.63) is 0 Å². The zero-order valence-corrected chi connectivity index (χ0v) is 10.00. The fourth-order valence-corrected chi connectivity index (χ4v) is 3.01. The molecule has 0 spiro atoms. The van der Waals surface area contributed by atoms with Gasteiger partial charge in [0.25, 0.3) is 0 Å². The molecule has 0 bridgehead atoms. The molecule has 2 rings (SSSR count). The quantitative estimate of drug-likeness (QED) is 0.647. The Morgan fingerprint density at radius 2 is 1.79 bits per heavy atom. The molecule has 1 aliphatic carbocycles. The van der Waals surface area contributed by atoms with Crippen LogP contribution in [-0.4, -0.2) is 30.6 Å². The van der Waals surface area contributed by atoms with Crippen molar-refractivity contribution in [1.29, 1.82) is 0 Å². The first-order valence-corrected chi connectivity index (χ1v) is 6.23. The van der Waals surface area contributed by atoms with Gasteiger partial charge in [-0.25, -0.2) is 0 Å². The normalized spacial score (nSPS) is 38.1. The van der Waals surface area contributed by atoms with Gasteiger partial charge in [-0.05, 0) is 32.2 Å². The maximum Gasteiger partial charge on any atom is 0.0171 e. The molecule has 3 atom stereocenters. The second kappa shape index (κ2) is 5.72. The molecule has 0 aromatic heterocycles.